The summed E-state index contributed by atoms with van der Waals surface area (Å²) < 4.78 is 0. The molecular formula is C21H32N2O. The van der Waals surface area contributed by atoms with Gasteiger partial charge < -0.3 is 15.3 Å². The van der Waals surface area contributed by atoms with E-state index in [2.05, 4.69) is 22.3 Å². The minimum absolute atomic E-state index is 0.0872. The third-order valence-corrected chi connectivity index (χ3v) is 6.70. The molecule has 0 radical (unpaired) electrons. The summed E-state index contributed by atoms with van der Waals surface area (Å²) in [4.78, 5) is 2.73. The minimum atomic E-state index is -0.315. The van der Waals surface area contributed by atoms with Crippen LogP contribution in [0.2, 0.25) is 0 Å². The van der Waals surface area contributed by atoms with Crippen LogP contribution in [-0.2, 0) is 0 Å². The molecule has 1 atom stereocenters. The van der Waals surface area contributed by atoms with Crippen molar-refractivity contribution in [3.05, 3.63) is 35.9 Å². The molecule has 2 saturated carbocycles. The Balaban J connectivity index is 1.25. The van der Waals surface area contributed by atoms with Gasteiger partial charge in [0.15, 0.2) is 0 Å². The second-order valence-electron chi connectivity index (χ2n) is 8.31. The molecule has 1 aromatic carbocycles. The molecule has 2 aliphatic carbocycles. The molecule has 0 bridgehead atoms. The fraction of sp³-hybridized carbons (Fsp3) is 0.714. The first-order chi connectivity index (χ1) is 11.8. The second-order valence-corrected chi connectivity index (χ2v) is 8.31. The monoisotopic (exact) mass is 328 g/mol. The van der Waals surface area contributed by atoms with Crippen LogP contribution in [0.25, 0.3) is 0 Å². The lowest BCUT2D eigenvalue weighted by Gasteiger charge is -2.37. The molecule has 0 aromatic heterocycles. The third kappa shape index (κ3) is 3.54. The van der Waals surface area contributed by atoms with E-state index in [0.717, 1.165) is 31.0 Å². The summed E-state index contributed by atoms with van der Waals surface area (Å²) in [7, 11) is 0. The van der Waals surface area contributed by atoms with Crippen molar-refractivity contribution in [3.63, 3.8) is 0 Å². The zero-order valence-electron chi connectivity index (χ0n) is 14.8. The maximum absolute atomic E-state index is 10.8. The van der Waals surface area contributed by atoms with E-state index in [1.807, 2.05) is 18.2 Å². The lowest BCUT2D eigenvalue weighted by Crippen LogP contribution is -2.47. The largest absolute Gasteiger partial charge is 0.388 e. The topological polar surface area (TPSA) is 35.5 Å². The lowest BCUT2D eigenvalue weighted by atomic mass is 9.92. The number of aliphatic hydroxyl groups excluding tert-OH is 1. The molecule has 1 aliphatic heterocycles. The van der Waals surface area contributed by atoms with Crippen molar-refractivity contribution in [2.75, 3.05) is 19.6 Å². The molecule has 3 heteroatoms. The number of hydrogen-bond donors (Lipinski definition) is 2. The quantitative estimate of drug-likeness (QED) is 0.839. The fourth-order valence-corrected chi connectivity index (χ4v) is 4.78. The maximum atomic E-state index is 10.8. The van der Waals surface area contributed by atoms with Crippen LogP contribution in [0.15, 0.2) is 30.3 Å². The SMILES string of the molecule is O[C@H](c1ccccc1)C1(CNC2CCN(C3CCCC3)CC2)CC1. The molecule has 4 rings (SSSR count). The zero-order valence-corrected chi connectivity index (χ0v) is 14.8. The van der Waals surface area contributed by atoms with E-state index < -0.39 is 0 Å². The molecule has 1 heterocycles. The predicted octanol–water partition coefficient (Wildman–Crippen LogP) is 3.50. The molecule has 2 N–H and O–H groups in total. The van der Waals surface area contributed by atoms with Gasteiger partial charge >= 0.3 is 0 Å². The Morgan fingerprint density at radius 1 is 1.04 bits per heavy atom. The summed E-state index contributed by atoms with van der Waals surface area (Å²) in [5, 5.41) is 14.6. The van der Waals surface area contributed by atoms with Crippen LogP contribution in [0.3, 0.4) is 0 Å². The Bertz CT molecular complexity index is 514. The van der Waals surface area contributed by atoms with Crippen molar-refractivity contribution < 1.29 is 5.11 Å². The van der Waals surface area contributed by atoms with Gasteiger partial charge in [0, 0.05) is 24.0 Å². The highest BCUT2D eigenvalue weighted by atomic mass is 16.3. The standard InChI is InChI=1S/C21H32N2O/c24-20(17-6-2-1-3-7-17)21(12-13-21)16-22-18-10-14-23(15-11-18)19-8-4-5-9-19/h1-3,6-7,18-20,22,24H,4-5,8-16H2/t20-/m1/s1. The highest BCUT2D eigenvalue weighted by Crippen LogP contribution is 2.54. The van der Waals surface area contributed by atoms with Crippen molar-refractivity contribution in [3.8, 4) is 0 Å². The van der Waals surface area contributed by atoms with Crippen LogP contribution in [0.4, 0.5) is 0 Å². The maximum Gasteiger partial charge on any atom is 0.0858 e. The number of nitrogens with zero attached hydrogens (tertiary/aromatic N) is 1. The molecule has 1 saturated heterocycles. The smallest absolute Gasteiger partial charge is 0.0858 e. The lowest BCUT2D eigenvalue weighted by molar-refractivity contribution is 0.0844. The van der Waals surface area contributed by atoms with Gasteiger partial charge in [-0.05, 0) is 57.2 Å². The molecule has 1 aromatic rings. The normalized spacial score (nSPS) is 26.5. The average molecular weight is 329 g/mol. The first-order valence-electron chi connectivity index (χ1n) is 9.97. The van der Waals surface area contributed by atoms with E-state index in [4.69, 9.17) is 0 Å². The molecule has 3 fully saturated rings. The van der Waals surface area contributed by atoms with Crippen LogP contribution in [0.1, 0.15) is 63.0 Å². The molecule has 0 unspecified atom stereocenters. The Morgan fingerprint density at radius 3 is 2.33 bits per heavy atom. The molecule has 0 amide bonds. The van der Waals surface area contributed by atoms with Gasteiger partial charge in [-0.2, -0.15) is 0 Å². The number of piperidine rings is 1. The Labute approximate surface area is 146 Å². The summed E-state index contributed by atoms with van der Waals surface area (Å²) in [6.45, 7) is 3.49. The van der Waals surface area contributed by atoms with E-state index in [9.17, 15) is 5.11 Å². The molecular weight excluding hydrogens is 296 g/mol. The third-order valence-electron chi connectivity index (χ3n) is 6.70. The second kappa shape index (κ2) is 7.15. The number of rotatable bonds is 6. The molecule has 24 heavy (non-hydrogen) atoms. The van der Waals surface area contributed by atoms with Gasteiger partial charge in [-0.15, -0.1) is 0 Å². The zero-order chi connectivity index (χ0) is 16.4. The molecule has 132 valence electrons. The van der Waals surface area contributed by atoms with Crippen LogP contribution >= 0.6 is 0 Å². The van der Waals surface area contributed by atoms with Crippen molar-refractivity contribution in [1.82, 2.24) is 10.2 Å². The number of aliphatic hydroxyl groups is 1. The van der Waals surface area contributed by atoms with E-state index in [0.29, 0.717) is 6.04 Å². The van der Waals surface area contributed by atoms with E-state index in [1.165, 1.54) is 51.6 Å². The van der Waals surface area contributed by atoms with Crippen LogP contribution in [0.5, 0.6) is 0 Å². The van der Waals surface area contributed by atoms with Crippen molar-refractivity contribution in [2.45, 2.75) is 69.6 Å². The van der Waals surface area contributed by atoms with Crippen molar-refractivity contribution in [2.24, 2.45) is 5.41 Å². The number of nitrogens with one attached hydrogen (secondary N) is 1. The predicted molar refractivity (Wildman–Crippen MR) is 97.9 cm³/mol. The minimum Gasteiger partial charge on any atom is -0.388 e. The van der Waals surface area contributed by atoms with Crippen molar-refractivity contribution in [1.29, 1.82) is 0 Å². The first kappa shape index (κ1) is 16.6. The Hall–Kier alpha value is -0.900. The van der Waals surface area contributed by atoms with Crippen LogP contribution < -0.4 is 5.32 Å². The first-order valence-corrected chi connectivity index (χ1v) is 9.97. The Kier molecular flexibility index (Phi) is 4.93. The van der Waals surface area contributed by atoms with Crippen LogP contribution in [-0.4, -0.2) is 41.7 Å². The fourth-order valence-electron chi connectivity index (χ4n) is 4.78. The van der Waals surface area contributed by atoms with Gasteiger partial charge in [0.05, 0.1) is 6.10 Å². The summed E-state index contributed by atoms with van der Waals surface area (Å²) in [6.07, 6.45) is 10.2. The van der Waals surface area contributed by atoms with Gasteiger partial charge in [-0.25, -0.2) is 0 Å². The van der Waals surface area contributed by atoms with Gasteiger partial charge in [0.2, 0.25) is 0 Å². The van der Waals surface area contributed by atoms with Gasteiger partial charge in [0.25, 0.3) is 0 Å². The highest BCUT2D eigenvalue weighted by Gasteiger charge is 2.49. The number of benzene rings is 1. The van der Waals surface area contributed by atoms with Gasteiger partial charge in [0.1, 0.15) is 0 Å². The van der Waals surface area contributed by atoms with Gasteiger partial charge in [-0.3, -0.25) is 0 Å². The van der Waals surface area contributed by atoms with Gasteiger partial charge in [-0.1, -0.05) is 43.2 Å². The summed E-state index contributed by atoms with van der Waals surface area (Å²) >= 11 is 0. The number of likely N-dealkylation sites (tertiary alicyclic amines) is 1. The molecule has 3 nitrogen and oxygen atoms in total. The van der Waals surface area contributed by atoms with Crippen molar-refractivity contribution >= 4 is 0 Å². The van der Waals surface area contributed by atoms with Crippen LogP contribution in [0, 0.1) is 5.41 Å². The van der Waals surface area contributed by atoms with E-state index in [1.54, 1.807) is 0 Å². The average Bonchev–Trinajstić information content (AvgIpc) is 3.24. The summed E-state index contributed by atoms with van der Waals surface area (Å²) in [5.41, 5.74) is 1.16. The molecule has 3 aliphatic rings. The van der Waals surface area contributed by atoms with E-state index in [-0.39, 0.29) is 11.5 Å². The summed E-state index contributed by atoms with van der Waals surface area (Å²) in [6, 6.07) is 11.7. The summed E-state index contributed by atoms with van der Waals surface area (Å²) in [5.74, 6) is 0. The Morgan fingerprint density at radius 2 is 1.71 bits per heavy atom. The van der Waals surface area contributed by atoms with E-state index >= 15 is 0 Å². The number of hydrogen-bond acceptors (Lipinski definition) is 3. The molecule has 0 spiro atoms. The highest BCUT2D eigenvalue weighted by molar-refractivity contribution is 5.22.